The molecule has 22 heavy (non-hydrogen) atoms. The first-order valence-electron chi connectivity index (χ1n) is 8.42. The smallest absolute Gasteiger partial charge is 0.238 e. The predicted octanol–water partition coefficient (Wildman–Crippen LogP) is 0.791. The Bertz CT molecular complexity index is 474. The van der Waals surface area contributed by atoms with E-state index in [9.17, 15) is 13.2 Å². The third-order valence-corrected chi connectivity index (χ3v) is 6.11. The van der Waals surface area contributed by atoms with Crippen LogP contribution in [0.5, 0.6) is 0 Å². The van der Waals surface area contributed by atoms with Gasteiger partial charge in [0, 0.05) is 19.1 Å². The summed E-state index contributed by atoms with van der Waals surface area (Å²) in [5.41, 5.74) is 0. The number of carbonyl (C=O) groups is 1. The van der Waals surface area contributed by atoms with Crippen LogP contribution >= 0.6 is 0 Å². The van der Waals surface area contributed by atoms with Crippen LogP contribution in [0.25, 0.3) is 0 Å². The maximum absolute atomic E-state index is 12.5. The molecule has 2 atom stereocenters. The van der Waals surface area contributed by atoms with Gasteiger partial charge in [-0.3, -0.25) is 9.69 Å². The van der Waals surface area contributed by atoms with E-state index in [1.54, 1.807) is 0 Å². The van der Waals surface area contributed by atoms with E-state index in [2.05, 4.69) is 17.1 Å². The van der Waals surface area contributed by atoms with Gasteiger partial charge < -0.3 is 5.32 Å². The molecule has 1 N–H and O–H groups in total. The van der Waals surface area contributed by atoms with Crippen molar-refractivity contribution in [2.45, 2.75) is 57.5 Å². The van der Waals surface area contributed by atoms with Gasteiger partial charge in [-0.15, -0.1) is 0 Å². The SMILES string of the molecule is CC[C@H](CNC(=O)[C@H]1CCCCN1S(C)(=O)=O)N1CCCC1. The highest BCUT2D eigenvalue weighted by Gasteiger charge is 2.34. The number of nitrogens with zero attached hydrogens (tertiary/aromatic N) is 2. The second-order valence-corrected chi connectivity index (χ2v) is 8.37. The number of sulfonamides is 1. The molecule has 0 aliphatic carbocycles. The summed E-state index contributed by atoms with van der Waals surface area (Å²) >= 11 is 0. The number of rotatable bonds is 6. The molecule has 0 radical (unpaired) electrons. The molecule has 2 rings (SSSR count). The van der Waals surface area contributed by atoms with Gasteiger partial charge in [0.2, 0.25) is 15.9 Å². The zero-order valence-electron chi connectivity index (χ0n) is 13.8. The highest BCUT2D eigenvalue weighted by Crippen LogP contribution is 2.20. The Kier molecular flexibility index (Phi) is 6.23. The van der Waals surface area contributed by atoms with Gasteiger partial charge in [-0.05, 0) is 45.2 Å². The fourth-order valence-electron chi connectivity index (χ4n) is 3.54. The van der Waals surface area contributed by atoms with Crippen LogP contribution in [0, 0.1) is 0 Å². The molecule has 0 aromatic carbocycles. The molecule has 0 aromatic heterocycles. The van der Waals surface area contributed by atoms with Crippen LogP contribution in [-0.4, -0.2) is 68.0 Å². The predicted molar refractivity (Wildman–Crippen MR) is 87.1 cm³/mol. The Morgan fingerprint density at radius 1 is 1.18 bits per heavy atom. The molecule has 2 fully saturated rings. The van der Waals surface area contributed by atoms with E-state index in [0.717, 1.165) is 32.4 Å². The number of amides is 1. The molecule has 0 aromatic rings. The lowest BCUT2D eigenvalue weighted by molar-refractivity contribution is -0.125. The summed E-state index contributed by atoms with van der Waals surface area (Å²) in [5, 5.41) is 3.00. The van der Waals surface area contributed by atoms with E-state index in [1.807, 2.05) is 0 Å². The second kappa shape index (κ2) is 7.75. The van der Waals surface area contributed by atoms with Crippen LogP contribution in [-0.2, 0) is 14.8 Å². The van der Waals surface area contributed by atoms with Crippen molar-refractivity contribution in [2.24, 2.45) is 0 Å². The molecule has 2 heterocycles. The molecule has 0 bridgehead atoms. The highest BCUT2D eigenvalue weighted by molar-refractivity contribution is 7.88. The number of hydrogen-bond acceptors (Lipinski definition) is 4. The van der Waals surface area contributed by atoms with Gasteiger partial charge in [0.15, 0.2) is 0 Å². The Morgan fingerprint density at radius 2 is 1.82 bits per heavy atom. The van der Waals surface area contributed by atoms with E-state index in [4.69, 9.17) is 0 Å². The first-order valence-corrected chi connectivity index (χ1v) is 10.3. The summed E-state index contributed by atoms with van der Waals surface area (Å²) in [4.78, 5) is 14.9. The van der Waals surface area contributed by atoms with Crippen molar-refractivity contribution >= 4 is 15.9 Å². The minimum Gasteiger partial charge on any atom is -0.353 e. The van der Waals surface area contributed by atoms with Crippen molar-refractivity contribution in [3.05, 3.63) is 0 Å². The standard InChI is InChI=1S/C15H29N3O3S/c1-3-13(17-9-6-7-10-17)12-16-15(19)14-8-4-5-11-18(14)22(2,20)21/h13-14H,3-12H2,1-2H3,(H,16,19)/t13-,14-/m1/s1. The molecule has 7 heteroatoms. The maximum atomic E-state index is 12.5. The molecule has 128 valence electrons. The first kappa shape index (κ1) is 17.7. The molecule has 2 aliphatic heterocycles. The molecule has 2 saturated heterocycles. The molecule has 1 amide bonds. The van der Waals surface area contributed by atoms with E-state index in [0.29, 0.717) is 25.6 Å². The van der Waals surface area contributed by atoms with Gasteiger partial charge in [0.05, 0.1) is 6.26 Å². The summed E-state index contributed by atoms with van der Waals surface area (Å²) < 4.78 is 25.0. The quantitative estimate of drug-likeness (QED) is 0.781. The molecule has 2 aliphatic rings. The molecule has 0 unspecified atom stereocenters. The third-order valence-electron chi connectivity index (χ3n) is 4.82. The Balaban J connectivity index is 1.92. The number of hydrogen-bond donors (Lipinski definition) is 1. The second-order valence-electron chi connectivity index (χ2n) is 6.44. The van der Waals surface area contributed by atoms with Gasteiger partial charge in [-0.25, -0.2) is 8.42 Å². The maximum Gasteiger partial charge on any atom is 0.238 e. The molecular weight excluding hydrogens is 302 g/mol. The minimum absolute atomic E-state index is 0.136. The van der Waals surface area contributed by atoms with Crippen LogP contribution in [0.4, 0.5) is 0 Å². The monoisotopic (exact) mass is 331 g/mol. The molecular formula is C15H29N3O3S. The summed E-state index contributed by atoms with van der Waals surface area (Å²) in [5.74, 6) is -0.136. The number of likely N-dealkylation sites (tertiary alicyclic amines) is 1. The number of carbonyl (C=O) groups excluding carboxylic acids is 1. The van der Waals surface area contributed by atoms with Crippen LogP contribution in [0.3, 0.4) is 0 Å². The van der Waals surface area contributed by atoms with Crippen molar-refractivity contribution in [1.29, 1.82) is 0 Å². The fraction of sp³-hybridized carbons (Fsp3) is 0.933. The minimum atomic E-state index is -3.32. The zero-order valence-corrected chi connectivity index (χ0v) is 14.6. The number of nitrogens with one attached hydrogen (secondary N) is 1. The van der Waals surface area contributed by atoms with Crippen LogP contribution in [0.1, 0.15) is 45.4 Å². The van der Waals surface area contributed by atoms with Crippen molar-refractivity contribution < 1.29 is 13.2 Å². The van der Waals surface area contributed by atoms with Gasteiger partial charge in [0.25, 0.3) is 0 Å². The van der Waals surface area contributed by atoms with Crippen molar-refractivity contribution in [1.82, 2.24) is 14.5 Å². The van der Waals surface area contributed by atoms with E-state index in [-0.39, 0.29) is 5.91 Å². The van der Waals surface area contributed by atoms with Gasteiger partial charge in [-0.1, -0.05) is 13.3 Å². The van der Waals surface area contributed by atoms with E-state index >= 15 is 0 Å². The van der Waals surface area contributed by atoms with Crippen LogP contribution in [0.15, 0.2) is 0 Å². The van der Waals surface area contributed by atoms with Gasteiger partial charge in [0.1, 0.15) is 6.04 Å². The molecule has 0 spiro atoms. The zero-order chi connectivity index (χ0) is 16.2. The third kappa shape index (κ3) is 4.43. The summed E-state index contributed by atoms with van der Waals surface area (Å²) in [6, 6.07) is -0.165. The Labute approximate surface area is 134 Å². The lowest BCUT2D eigenvalue weighted by Crippen LogP contribution is -2.53. The lowest BCUT2D eigenvalue weighted by Gasteiger charge is -2.33. The summed E-state index contributed by atoms with van der Waals surface area (Å²) in [6.45, 7) is 5.42. The van der Waals surface area contributed by atoms with Crippen LogP contribution < -0.4 is 5.32 Å². The largest absolute Gasteiger partial charge is 0.353 e. The lowest BCUT2D eigenvalue weighted by atomic mass is 10.0. The number of piperidine rings is 1. The average molecular weight is 331 g/mol. The van der Waals surface area contributed by atoms with E-state index in [1.165, 1.54) is 23.4 Å². The highest BCUT2D eigenvalue weighted by atomic mass is 32.2. The van der Waals surface area contributed by atoms with E-state index < -0.39 is 16.1 Å². The molecule has 6 nitrogen and oxygen atoms in total. The molecule has 0 saturated carbocycles. The summed E-state index contributed by atoms with van der Waals surface area (Å²) in [6.07, 6.45) is 7.03. The van der Waals surface area contributed by atoms with Crippen molar-refractivity contribution in [3.63, 3.8) is 0 Å². The Hall–Kier alpha value is -0.660. The Morgan fingerprint density at radius 3 is 2.41 bits per heavy atom. The van der Waals surface area contributed by atoms with Gasteiger partial charge in [-0.2, -0.15) is 4.31 Å². The summed E-state index contributed by atoms with van der Waals surface area (Å²) in [7, 11) is -3.32. The van der Waals surface area contributed by atoms with Gasteiger partial charge >= 0.3 is 0 Å². The van der Waals surface area contributed by atoms with Crippen LogP contribution in [0.2, 0.25) is 0 Å². The van der Waals surface area contributed by atoms with Crippen molar-refractivity contribution in [3.8, 4) is 0 Å². The first-order chi connectivity index (χ1) is 10.4. The normalized spacial score (nSPS) is 26.0. The topological polar surface area (TPSA) is 69.7 Å². The fourth-order valence-corrected chi connectivity index (χ4v) is 4.66. The average Bonchev–Trinajstić information content (AvgIpc) is 3.01. The van der Waals surface area contributed by atoms with Crippen molar-refractivity contribution in [2.75, 3.05) is 32.4 Å².